The lowest BCUT2D eigenvalue weighted by Gasteiger charge is -2.38. The smallest absolute Gasteiger partial charge is 0.410 e. The van der Waals surface area contributed by atoms with Gasteiger partial charge in [-0.25, -0.2) is 14.4 Å². The molecular formula is C23H39ClN4O9. The molecular weight excluding hydrogens is 512 g/mol. The van der Waals surface area contributed by atoms with E-state index in [1.165, 1.54) is 28.9 Å². The molecule has 0 aromatic heterocycles. The van der Waals surface area contributed by atoms with Gasteiger partial charge in [-0.3, -0.25) is 9.59 Å². The zero-order valence-corrected chi connectivity index (χ0v) is 23.5. The van der Waals surface area contributed by atoms with Crippen molar-refractivity contribution in [3.8, 4) is 0 Å². The van der Waals surface area contributed by atoms with Crippen LogP contribution >= 0.6 is 11.6 Å². The molecule has 0 unspecified atom stereocenters. The van der Waals surface area contributed by atoms with Gasteiger partial charge in [0.05, 0.1) is 27.3 Å². The Hall–Kier alpha value is -2.80. The fourth-order valence-corrected chi connectivity index (χ4v) is 3.57. The maximum atomic E-state index is 12.0. The zero-order valence-electron chi connectivity index (χ0n) is 22.8. The number of methoxy groups -OCH3 is 2. The van der Waals surface area contributed by atoms with Gasteiger partial charge in [0.25, 0.3) is 0 Å². The number of carbonyl (C=O) groups is 5. The molecule has 0 radical (unpaired) electrons. The summed E-state index contributed by atoms with van der Waals surface area (Å²) in [6.45, 7) is 12.5. The van der Waals surface area contributed by atoms with Crippen LogP contribution in [0.2, 0.25) is 0 Å². The highest BCUT2D eigenvalue weighted by atomic mass is 35.5. The van der Waals surface area contributed by atoms with Gasteiger partial charge in [-0.05, 0) is 53.1 Å². The SMILES string of the molecule is COC(=O)[C@H]1CN(C(=O)OC(C)(C)C)CCN1.COC(=O)[C@H]1CN(C(=O)OC(C)(C)C)CCN1C(=O)Cl. The first-order valence-corrected chi connectivity index (χ1v) is 12.2. The van der Waals surface area contributed by atoms with E-state index >= 15 is 0 Å². The molecule has 14 heteroatoms. The molecule has 2 fully saturated rings. The predicted octanol–water partition coefficient (Wildman–Crippen LogP) is 1.81. The van der Waals surface area contributed by atoms with E-state index in [-0.39, 0.29) is 32.1 Å². The molecule has 2 aliphatic heterocycles. The third kappa shape index (κ3) is 11.0. The Morgan fingerprint density at radius 2 is 1.24 bits per heavy atom. The Morgan fingerprint density at radius 1 is 0.757 bits per heavy atom. The second kappa shape index (κ2) is 13.7. The zero-order chi connectivity index (χ0) is 28.6. The predicted molar refractivity (Wildman–Crippen MR) is 133 cm³/mol. The third-order valence-electron chi connectivity index (χ3n) is 5.04. The molecule has 3 amide bonds. The number of halogens is 1. The summed E-state index contributed by atoms with van der Waals surface area (Å²) in [5.74, 6) is -0.981. The molecule has 2 heterocycles. The van der Waals surface area contributed by atoms with E-state index in [0.717, 1.165) is 0 Å². The highest BCUT2D eigenvalue weighted by molar-refractivity contribution is 6.63. The molecule has 2 rings (SSSR count). The molecule has 2 aliphatic rings. The van der Waals surface area contributed by atoms with E-state index in [4.69, 9.17) is 21.1 Å². The van der Waals surface area contributed by atoms with Crippen LogP contribution in [-0.2, 0) is 28.5 Å². The standard InChI is InChI=1S/C12H19ClN2O5.C11H20N2O4/c1-12(2,3)20-11(18)14-5-6-15(10(13)17)8(7-14)9(16)19-4;1-11(2,3)17-10(15)13-6-5-12-8(7-13)9(14)16-4/h8H,5-7H2,1-4H3;8,12H,5-7H2,1-4H3/t2*8-/m11/s1. The topological polar surface area (TPSA) is 144 Å². The molecule has 0 bridgehead atoms. The van der Waals surface area contributed by atoms with Gasteiger partial charge in [-0.2, -0.15) is 0 Å². The lowest BCUT2D eigenvalue weighted by atomic mass is 10.2. The van der Waals surface area contributed by atoms with Crippen LogP contribution in [0, 0.1) is 0 Å². The summed E-state index contributed by atoms with van der Waals surface area (Å²) >= 11 is 5.43. The number of nitrogens with one attached hydrogen (secondary N) is 1. The third-order valence-corrected chi connectivity index (χ3v) is 5.26. The van der Waals surface area contributed by atoms with Crippen LogP contribution in [0.4, 0.5) is 14.4 Å². The van der Waals surface area contributed by atoms with Gasteiger partial charge < -0.3 is 39.0 Å². The highest BCUT2D eigenvalue weighted by Crippen LogP contribution is 2.17. The lowest BCUT2D eigenvalue weighted by molar-refractivity contribution is -0.147. The van der Waals surface area contributed by atoms with Crippen LogP contribution in [-0.4, -0.2) is 121 Å². The highest BCUT2D eigenvalue weighted by Gasteiger charge is 2.38. The van der Waals surface area contributed by atoms with Gasteiger partial charge in [-0.15, -0.1) is 0 Å². The Bertz CT molecular complexity index is 841. The van der Waals surface area contributed by atoms with Crippen LogP contribution in [0.25, 0.3) is 0 Å². The summed E-state index contributed by atoms with van der Waals surface area (Å²) in [5.41, 5.74) is -1.15. The first-order valence-electron chi connectivity index (χ1n) is 11.8. The maximum Gasteiger partial charge on any atom is 0.410 e. The number of hydrogen-bond acceptors (Lipinski definition) is 10. The van der Waals surface area contributed by atoms with Gasteiger partial charge in [0, 0.05) is 26.2 Å². The summed E-state index contributed by atoms with van der Waals surface area (Å²) in [7, 11) is 2.54. The molecule has 0 saturated carbocycles. The van der Waals surface area contributed by atoms with Gasteiger partial charge in [-0.1, -0.05) is 0 Å². The van der Waals surface area contributed by atoms with Crippen LogP contribution in [0.15, 0.2) is 0 Å². The number of amides is 3. The minimum Gasteiger partial charge on any atom is -0.468 e. The van der Waals surface area contributed by atoms with Crippen molar-refractivity contribution in [3.05, 3.63) is 0 Å². The first-order chi connectivity index (χ1) is 17.0. The number of piperazine rings is 2. The summed E-state index contributed by atoms with van der Waals surface area (Å²) in [6.07, 6.45) is -0.930. The van der Waals surface area contributed by atoms with E-state index in [1.807, 2.05) is 20.8 Å². The van der Waals surface area contributed by atoms with Crippen LogP contribution < -0.4 is 5.32 Å². The van der Waals surface area contributed by atoms with Gasteiger partial charge in [0.2, 0.25) is 0 Å². The summed E-state index contributed by atoms with van der Waals surface area (Å²) in [4.78, 5) is 62.1. The monoisotopic (exact) mass is 550 g/mol. The van der Waals surface area contributed by atoms with Gasteiger partial charge >= 0.3 is 29.5 Å². The minimum atomic E-state index is -0.911. The molecule has 37 heavy (non-hydrogen) atoms. The molecule has 0 aromatic rings. The Labute approximate surface area is 222 Å². The number of ether oxygens (including phenoxy) is 4. The largest absolute Gasteiger partial charge is 0.468 e. The van der Waals surface area contributed by atoms with Gasteiger partial charge in [0.1, 0.15) is 23.3 Å². The Morgan fingerprint density at radius 3 is 1.68 bits per heavy atom. The lowest BCUT2D eigenvalue weighted by Crippen LogP contribution is -2.59. The molecule has 2 saturated heterocycles. The van der Waals surface area contributed by atoms with Crippen molar-refractivity contribution in [1.29, 1.82) is 0 Å². The van der Waals surface area contributed by atoms with E-state index in [1.54, 1.807) is 20.8 Å². The van der Waals surface area contributed by atoms with E-state index in [2.05, 4.69) is 14.8 Å². The van der Waals surface area contributed by atoms with Crippen molar-refractivity contribution in [1.82, 2.24) is 20.0 Å². The molecule has 13 nitrogen and oxygen atoms in total. The van der Waals surface area contributed by atoms with E-state index in [0.29, 0.717) is 13.1 Å². The first kappa shape index (κ1) is 32.2. The number of carbonyl (C=O) groups excluding carboxylic acids is 5. The molecule has 0 aliphatic carbocycles. The Kier molecular flexibility index (Phi) is 11.9. The van der Waals surface area contributed by atoms with Crippen molar-refractivity contribution in [2.45, 2.75) is 64.8 Å². The Balaban J connectivity index is 0.000000375. The minimum absolute atomic E-state index is 0.0000463. The second-order valence-corrected chi connectivity index (χ2v) is 10.7. The van der Waals surface area contributed by atoms with Crippen LogP contribution in [0.3, 0.4) is 0 Å². The van der Waals surface area contributed by atoms with E-state index < -0.39 is 46.8 Å². The van der Waals surface area contributed by atoms with Gasteiger partial charge in [0.15, 0.2) is 0 Å². The molecule has 212 valence electrons. The van der Waals surface area contributed by atoms with Crippen LogP contribution in [0.5, 0.6) is 0 Å². The van der Waals surface area contributed by atoms with Crippen molar-refractivity contribution < 1.29 is 42.9 Å². The molecule has 0 aromatic carbocycles. The van der Waals surface area contributed by atoms with Crippen molar-refractivity contribution in [2.24, 2.45) is 0 Å². The molecule has 1 N–H and O–H groups in total. The fourth-order valence-electron chi connectivity index (χ4n) is 3.37. The average molecular weight is 551 g/mol. The maximum absolute atomic E-state index is 12.0. The summed E-state index contributed by atoms with van der Waals surface area (Å²) < 4.78 is 19.7. The average Bonchev–Trinajstić information content (AvgIpc) is 2.80. The fraction of sp³-hybridized carbons (Fsp3) is 0.783. The van der Waals surface area contributed by atoms with Crippen molar-refractivity contribution in [2.75, 3.05) is 53.5 Å². The molecule has 0 spiro atoms. The second-order valence-electron chi connectivity index (χ2n) is 10.4. The number of nitrogens with zero attached hydrogens (tertiary/aromatic N) is 3. The molecule has 2 atom stereocenters. The number of rotatable bonds is 2. The van der Waals surface area contributed by atoms with Crippen molar-refractivity contribution >= 4 is 41.1 Å². The van der Waals surface area contributed by atoms with Crippen LogP contribution in [0.1, 0.15) is 41.5 Å². The summed E-state index contributed by atoms with van der Waals surface area (Å²) in [6, 6.07) is -1.38. The quantitative estimate of drug-likeness (QED) is 0.234. The number of hydrogen-bond donors (Lipinski definition) is 1. The number of esters is 2. The van der Waals surface area contributed by atoms with E-state index in [9.17, 15) is 24.0 Å². The van der Waals surface area contributed by atoms with Crippen molar-refractivity contribution in [3.63, 3.8) is 0 Å². The summed E-state index contributed by atoms with van der Waals surface area (Å²) in [5, 5.41) is 2.25. The normalized spacial score (nSPS) is 20.2.